The van der Waals surface area contributed by atoms with Crippen molar-refractivity contribution < 1.29 is 13.2 Å². The molecule has 13 heavy (non-hydrogen) atoms. The maximum absolute atomic E-state index is 11.1. The molecule has 4 nitrogen and oxygen atoms in total. The predicted octanol–water partition coefficient (Wildman–Crippen LogP) is -0.262. The van der Waals surface area contributed by atoms with Crippen LogP contribution >= 0.6 is 0 Å². The Hall–Kier alpha value is -0.360. The molecule has 1 aliphatic rings. The van der Waals surface area contributed by atoms with Gasteiger partial charge in [-0.05, 0) is 12.1 Å². The van der Waals surface area contributed by atoms with Gasteiger partial charge in [0, 0.05) is 29.6 Å². The summed E-state index contributed by atoms with van der Waals surface area (Å²) in [5, 5.41) is 0. The van der Waals surface area contributed by atoms with Crippen molar-refractivity contribution in [2.75, 3.05) is 0 Å². The summed E-state index contributed by atoms with van der Waals surface area (Å²) in [5.41, 5.74) is 0.220. The van der Waals surface area contributed by atoms with E-state index in [-0.39, 0.29) is 40.0 Å². The van der Waals surface area contributed by atoms with Gasteiger partial charge in [-0.25, -0.2) is 13.1 Å². The number of amides is 1. The van der Waals surface area contributed by atoms with E-state index in [1.54, 1.807) is 12.1 Å². The van der Waals surface area contributed by atoms with Crippen molar-refractivity contribution in [3.63, 3.8) is 0 Å². The van der Waals surface area contributed by atoms with E-state index in [0.717, 1.165) is 0 Å². The zero-order chi connectivity index (χ0) is 8.77. The minimum Gasteiger partial charge on any atom is -0.268 e. The zero-order valence-corrected chi connectivity index (χ0v) is 9.76. The third-order valence-electron chi connectivity index (χ3n) is 1.65. The molecule has 1 aliphatic heterocycles. The number of hydrogen-bond acceptors (Lipinski definition) is 3. The first-order valence-electron chi connectivity index (χ1n) is 3.27. The predicted molar refractivity (Wildman–Crippen MR) is 46.8 cm³/mol. The van der Waals surface area contributed by atoms with Crippen molar-refractivity contribution in [3.8, 4) is 0 Å². The Labute approximate surface area is 97.7 Å². The van der Waals surface area contributed by atoms with Gasteiger partial charge in [0.2, 0.25) is 0 Å². The summed E-state index contributed by atoms with van der Waals surface area (Å²) in [5.74, 6) is -0.550. The molecule has 0 aliphatic carbocycles. The maximum atomic E-state index is 11.1. The number of rotatable bonds is 0. The molecule has 63 valence electrons. The summed E-state index contributed by atoms with van der Waals surface area (Å²) in [4.78, 5) is 11.1. The van der Waals surface area contributed by atoms with Crippen molar-refractivity contribution in [3.05, 3.63) is 29.8 Å². The molecular weight excluding hydrogens is 201 g/mol. The Balaban J connectivity index is 0.000000845. The molecule has 1 heterocycles. The Kier molecular flexibility index (Phi) is 2.82. The fraction of sp³-hybridized carbons (Fsp3) is 0. The first-order chi connectivity index (χ1) is 5.61. The number of carbonyl (C=O) groups is 1. The van der Waals surface area contributed by atoms with Gasteiger partial charge in [0.05, 0.1) is 5.56 Å². The topological polar surface area (TPSA) is 63.2 Å². The molecule has 0 saturated carbocycles. The van der Waals surface area contributed by atoms with Crippen LogP contribution in [-0.4, -0.2) is 43.9 Å². The van der Waals surface area contributed by atoms with Gasteiger partial charge in [0.25, 0.3) is 15.9 Å². The molecule has 0 fully saturated rings. The summed E-state index contributed by atoms with van der Waals surface area (Å²) in [6.07, 6.45) is 0. The number of sulfonamides is 1. The third-order valence-corrected chi connectivity index (χ3v) is 3.04. The van der Waals surface area contributed by atoms with Gasteiger partial charge in [-0.2, -0.15) is 0 Å². The quantitative estimate of drug-likeness (QED) is 0.595. The minimum atomic E-state index is -3.55. The Morgan fingerprint density at radius 2 is 1.77 bits per heavy atom. The number of benzene rings is 1. The maximum Gasteiger partial charge on any atom is 0.266 e. The van der Waals surface area contributed by atoms with E-state index in [0.29, 0.717) is 0 Å². The van der Waals surface area contributed by atoms with Crippen LogP contribution in [0.4, 0.5) is 0 Å². The van der Waals surface area contributed by atoms with Crippen LogP contribution in [0, 0.1) is 0 Å². The Morgan fingerprint density at radius 3 is 2.38 bits per heavy atom. The monoisotopic (exact) mass is 206 g/mol. The second kappa shape index (κ2) is 3.42. The van der Waals surface area contributed by atoms with Crippen molar-refractivity contribution in [1.82, 2.24) is 4.72 Å². The molecular formula is C7H5NNaO3S. The van der Waals surface area contributed by atoms with Crippen LogP contribution in [0.2, 0.25) is 0 Å². The van der Waals surface area contributed by atoms with Gasteiger partial charge in [-0.3, -0.25) is 4.79 Å². The fourth-order valence-corrected chi connectivity index (χ4v) is 2.29. The molecule has 0 atom stereocenters. The molecule has 0 unspecified atom stereocenters. The summed E-state index contributed by atoms with van der Waals surface area (Å²) < 4.78 is 24.2. The second-order valence-corrected chi connectivity index (χ2v) is 4.08. The van der Waals surface area contributed by atoms with Crippen molar-refractivity contribution >= 4 is 45.5 Å². The smallest absolute Gasteiger partial charge is 0.266 e. The van der Waals surface area contributed by atoms with E-state index in [9.17, 15) is 13.2 Å². The molecule has 0 saturated heterocycles. The second-order valence-electron chi connectivity index (χ2n) is 2.43. The van der Waals surface area contributed by atoms with E-state index in [2.05, 4.69) is 0 Å². The van der Waals surface area contributed by atoms with Crippen LogP contribution in [-0.2, 0) is 10.0 Å². The third kappa shape index (κ3) is 1.65. The Bertz CT molecular complexity index is 455. The molecule has 6 heteroatoms. The van der Waals surface area contributed by atoms with E-state index in [1.165, 1.54) is 12.1 Å². The van der Waals surface area contributed by atoms with Crippen molar-refractivity contribution in [2.24, 2.45) is 0 Å². The van der Waals surface area contributed by atoms with Crippen LogP contribution in [0.3, 0.4) is 0 Å². The first kappa shape index (κ1) is 10.7. The summed E-state index contributed by atoms with van der Waals surface area (Å²) >= 11 is 0. The van der Waals surface area contributed by atoms with Crippen LogP contribution in [0.15, 0.2) is 29.2 Å². The molecule has 0 bridgehead atoms. The molecule has 1 aromatic rings. The van der Waals surface area contributed by atoms with E-state index < -0.39 is 15.9 Å². The van der Waals surface area contributed by atoms with Gasteiger partial charge < -0.3 is 0 Å². The van der Waals surface area contributed by atoms with Crippen LogP contribution in [0.25, 0.3) is 0 Å². The number of carbonyl (C=O) groups excluding carboxylic acids is 1. The number of hydrogen-bond donors (Lipinski definition) is 1. The summed E-state index contributed by atoms with van der Waals surface area (Å²) in [7, 11) is -3.55. The molecule has 0 aromatic heterocycles. The Morgan fingerprint density at radius 1 is 1.15 bits per heavy atom. The van der Waals surface area contributed by atoms with Gasteiger partial charge >= 0.3 is 0 Å². The van der Waals surface area contributed by atoms with Crippen molar-refractivity contribution in [2.45, 2.75) is 4.90 Å². The number of nitrogens with one attached hydrogen (secondary N) is 1. The van der Waals surface area contributed by atoms with Gasteiger partial charge in [0.15, 0.2) is 0 Å². The standard InChI is InChI=1S/C7H5NO3S.Na/c9-7-5-3-1-2-4-6(5)12(10,11)8-7;/h1-4H,(H,8,9);. The van der Waals surface area contributed by atoms with Gasteiger partial charge in [-0.15, -0.1) is 0 Å². The van der Waals surface area contributed by atoms with Crippen LogP contribution in [0.1, 0.15) is 10.4 Å². The number of fused-ring (bicyclic) bond motifs is 1. The molecule has 1 N–H and O–H groups in total. The van der Waals surface area contributed by atoms with Crippen molar-refractivity contribution in [1.29, 1.82) is 0 Å². The normalized spacial score (nSPS) is 17.1. The molecule has 0 spiro atoms. The largest absolute Gasteiger partial charge is 0.268 e. The van der Waals surface area contributed by atoms with E-state index >= 15 is 0 Å². The van der Waals surface area contributed by atoms with Gasteiger partial charge in [-0.1, -0.05) is 12.1 Å². The summed E-state index contributed by atoms with van der Waals surface area (Å²) in [6.45, 7) is 0. The zero-order valence-electron chi connectivity index (χ0n) is 6.94. The molecule has 2 rings (SSSR count). The van der Waals surface area contributed by atoms with E-state index in [1.807, 2.05) is 4.72 Å². The first-order valence-corrected chi connectivity index (χ1v) is 4.76. The molecule has 1 amide bonds. The molecule has 1 radical (unpaired) electrons. The average molecular weight is 206 g/mol. The molecule has 1 aromatic carbocycles. The van der Waals surface area contributed by atoms with E-state index in [4.69, 9.17) is 0 Å². The summed E-state index contributed by atoms with van der Waals surface area (Å²) in [6, 6.07) is 6.09. The fourth-order valence-electron chi connectivity index (χ4n) is 1.12. The SMILES string of the molecule is O=C1NS(=O)(=O)c2ccccc21.[Na]. The van der Waals surface area contributed by atoms with Crippen LogP contribution < -0.4 is 4.72 Å². The van der Waals surface area contributed by atoms with Crippen LogP contribution in [0.5, 0.6) is 0 Å². The average Bonchev–Trinajstić information content (AvgIpc) is 2.25. The van der Waals surface area contributed by atoms with Gasteiger partial charge in [0.1, 0.15) is 4.90 Å². The minimum absolute atomic E-state index is 0.